The first kappa shape index (κ1) is 19.1. The minimum Gasteiger partial charge on any atom is -0.493 e. The van der Waals surface area contributed by atoms with Crippen molar-refractivity contribution in [3.05, 3.63) is 46.3 Å². The van der Waals surface area contributed by atoms with Crippen molar-refractivity contribution in [2.75, 3.05) is 21.3 Å². The lowest BCUT2D eigenvalue weighted by molar-refractivity contribution is 0.264. The van der Waals surface area contributed by atoms with Gasteiger partial charge < -0.3 is 23.4 Å². The maximum Gasteiger partial charge on any atom is 0.254 e. The summed E-state index contributed by atoms with van der Waals surface area (Å²) in [6, 6.07) is 8.40. The monoisotopic (exact) mass is 410 g/mol. The highest BCUT2D eigenvalue weighted by molar-refractivity contribution is 6.42. The van der Waals surface area contributed by atoms with E-state index in [9.17, 15) is 0 Å². The Kier molecular flexibility index (Phi) is 5.93. The van der Waals surface area contributed by atoms with Crippen molar-refractivity contribution in [3.63, 3.8) is 0 Å². The second-order valence-electron chi connectivity index (χ2n) is 5.28. The van der Waals surface area contributed by atoms with Crippen LogP contribution < -0.4 is 18.9 Å². The molecule has 3 rings (SSSR count). The number of methoxy groups -OCH3 is 3. The molecule has 0 unspecified atom stereocenters. The first-order valence-corrected chi connectivity index (χ1v) is 8.52. The molecular weight excluding hydrogens is 395 g/mol. The lowest BCUT2D eigenvalue weighted by atomic mass is 10.2. The highest BCUT2D eigenvalue weighted by Gasteiger charge is 2.17. The van der Waals surface area contributed by atoms with Gasteiger partial charge >= 0.3 is 0 Å². The summed E-state index contributed by atoms with van der Waals surface area (Å²) in [7, 11) is 4.60. The smallest absolute Gasteiger partial charge is 0.254 e. The van der Waals surface area contributed by atoms with E-state index in [1.807, 2.05) is 0 Å². The van der Waals surface area contributed by atoms with Gasteiger partial charge in [0.25, 0.3) is 5.89 Å². The minimum absolute atomic E-state index is 0.0788. The van der Waals surface area contributed by atoms with E-state index in [1.165, 1.54) is 21.3 Å². The largest absolute Gasteiger partial charge is 0.493 e. The Bertz CT molecular complexity index is 920. The SMILES string of the molecule is COc1cc(-c2nnc(COc3ccc(Cl)c(Cl)c3)o2)cc(OC)c1OC. The zero-order chi connectivity index (χ0) is 19.4. The lowest BCUT2D eigenvalue weighted by Crippen LogP contribution is -1.96. The van der Waals surface area contributed by atoms with Gasteiger partial charge in [0, 0.05) is 11.6 Å². The number of halogens is 2. The number of benzene rings is 2. The van der Waals surface area contributed by atoms with Gasteiger partial charge in [0.2, 0.25) is 11.6 Å². The van der Waals surface area contributed by atoms with Gasteiger partial charge in [-0.3, -0.25) is 0 Å². The van der Waals surface area contributed by atoms with Crippen LogP contribution in [0.4, 0.5) is 0 Å². The van der Waals surface area contributed by atoms with Gasteiger partial charge in [0.1, 0.15) is 5.75 Å². The maximum atomic E-state index is 5.96. The topological polar surface area (TPSA) is 75.8 Å². The molecule has 0 aliphatic rings. The van der Waals surface area contributed by atoms with E-state index in [1.54, 1.807) is 30.3 Å². The van der Waals surface area contributed by atoms with Gasteiger partial charge in [-0.05, 0) is 24.3 Å². The van der Waals surface area contributed by atoms with Crippen molar-refractivity contribution in [2.45, 2.75) is 6.61 Å². The zero-order valence-corrected chi connectivity index (χ0v) is 16.3. The van der Waals surface area contributed by atoms with Crippen molar-refractivity contribution in [3.8, 4) is 34.5 Å². The van der Waals surface area contributed by atoms with Gasteiger partial charge in [0.15, 0.2) is 18.1 Å². The van der Waals surface area contributed by atoms with Crippen LogP contribution in [-0.4, -0.2) is 31.5 Å². The summed E-state index contributed by atoms with van der Waals surface area (Å²) in [5, 5.41) is 8.88. The molecule has 7 nitrogen and oxygen atoms in total. The Labute approximate surface area is 165 Å². The van der Waals surface area contributed by atoms with Gasteiger partial charge in [0.05, 0.1) is 31.4 Å². The van der Waals surface area contributed by atoms with Crippen LogP contribution in [0.5, 0.6) is 23.0 Å². The predicted octanol–water partition coefficient (Wildman–Crippen LogP) is 4.65. The third-order valence-electron chi connectivity index (χ3n) is 3.63. The maximum absolute atomic E-state index is 5.96. The molecule has 27 heavy (non-hydrogen) atoms. The van der Waals surface area contributed by atoms with Crippen molar-refractivity contribution < 1.29 is 23.4 Å². The molecule has 9 heteroatoms. The van der Waals surface area contributed by atoms with Crippen LogP contribution in [0.2, 0.25) is 10.0 Å². The van der Waals surface area contributed by atoms with E-state index in [0.29, 0.717) is 50.4 Å². The molecule has 0 saturated heterocycles. The molecule has 0 saturated carbocycles. The Morgan fingerprint density at radius 1 is 0.889 bits per heavy atom. The quantitative estimate of drug-likeness (QED) is 0.560. The van der Waals surface area contributed by atoms with Gasteiger partial charge in [-0.25, -0.2) is 0 Å². The van der Waals surface area contributed by atoms with Crippen LogP contribution >= 0.6 is 23.2 Å². The van der Waals surface area contributed by atoms with Gasteiger partial charge in [-0.1, -0.05) is 23.2 Å². The van der Waals surface area contributed by atoms with Crippen LogP contribution in [0.25, 0.3) is 11.5 Å². The molecule has 0 spiro atoms. The first-order chi connectivity index (χ1) is 13.0. The number of hydrogen-bond donors (Lipinski definition) is 0. The highest BCUT2D eigenvalue weighted by Crippen LogP contribution is 2.40. The molecule has 1 aromatic heterocycles. The Hall–Kier alpha value is -2.64. The fourth-order valence-corrected chi connectivity index (χ4v) is 2.63. The molecule has 0 aliphatic heterocycles. The molecule has 0 aliphatic carbocycles. The zero-order valence-electron chi connectivity index (χ0n) is 14.8. The van der Waals surface area contributed by atoms with E-state index in [0.717, 1.165) is 0 Å². The summed E-state index contributed by atoms with van der Waals surface area (Å²) >= 11 is 11.8. The molecule has 2 aromatic carbocycles. The summed E-state index contributed by atoms with van der Waals surface area (Å²) in [4.78, 5) is 0. The number of nitrogens with zero attached hydrogens (tertiary/aromatic N) is 2. The van der Waals surface area contributed by atoms with E-state index in [-0.39, 0.29) is 6.61 Å². The van der Waals surface area contributed by atoms with E-state index in [2.05, 4.69) is 10.2 Å². The predicted molar refractivity (Wildman–Crippen MR) is 100 cm³/mol. The summed E-state index contributed by atoms with van der Waals surface area (Å²) in [6.45, 7) is 0.0788. The first-order valence-electron chi connectivity index (χ1n) is 7.76. The third-order valence-corrected chi connectivity index (χ3v) is 4.37. The van der Waals surface area contributed by atoms with E-state index in [4.69, 9.17) is 46.6 Å². The lowest BCUT2D eigenvalue weighted by Gasteiger charge is -2.12. The summed E-state index contributed by atoms with van der Waals surface area (Å²) in [5.41, 5.74) is 0.623. The summed E-state index contributed by atoms with van der Waals surface area (Å²) in [6.07, 6.45) is 0. The standard InChI is InChI=1S/C18H16Cl2N2O5/c1-23-14-6-10(7-15(24-2)17(14)25-3)18-22-21-16(27-18)9-26-11-4-5-12(19)13(20)8-11/h4-8H,9H2,1-3H3. The molecule has 0 N–H and O–H groups in total. The normalized spacial score (nSPS) is 10.6. The Balaban J connectivity index is 1.80. The highest BCUT2D eigenvalue weighted by atomic mass is 35.5. The van der Waals surface area contributed by atoms with Crippen LogP contribution in [0.3, 0.4) is 0 Å². The molecule has 0 radical (unpaired) electrons. The molecule has 142 valence electrons. The van der Waals surface area contributed by atoms with Crippen LogP contribution in [0.1, 0.15) is 5.89 Å². The molecule has 0 bridgehead atoms. The van der Waals surface area contributed by atoms with Gasteiger partial charge in [-0.15, -0.1) is 10.2 Å². The van der Waals surface area contributed by atoms with Crippen molar-refractivity contribution in [1.29, 1.82) is 0 Å². The van der Waals surface area contributed by atoms with Crippen molar-refractivity contribution in [1.82, 2.24) is 10.2 Å². The second kappa shape index (κ2) is 8.37. The Morgan fingerprint density at radius 2 is 1.59 bits per heavy atom. The number of rotatable bonds is 7. The number of ether oxygens (including phenoxy) is 4. The van der Waals surface area contributed by atoms with E-state index >= 15 is 0 Å². The molecular formula is C18H16Cl2N2O5. The van der Waals surface area contributed by atoms with E-state index < -0.39 is 0 Å². The summed E-state index contributed by atoms with van der Waals surface area (Å²) in [5.74, 6) is 2.58. The second-order valence-corrected chi connectivity index (χ2v) is 6.09. The molecule has 0 atom stereocenters. The molecule has 0 fully saturated rings. The molecule has 3 aromatic rings. The number of hydrogen-bond acceptors (Lipinski definition) is 7. The minimum atomic E-state index is 0.0788. The molecule has 0 amide bonds. The fraction of sp³-hybridized carbons (Fsp3) is 0.222. The van der Waals surface area contributed by atoms with Crippen LogP contribution in [0, 0.1) is 0 Å². The Morgan fingerprint density at radius 3 is 2.19 bits per heavy atom. The van der Waals surface area contributed by atoms with Crippen LogP contribution in [-0.2, 0) is 6.61 Å². The third kappa shape index (κ3) is 4.20. The number of aromatic nitrogens is 2. The van der Waals surface area contributed by atoms with Gasteiger partial charge in [-0.2, -0.15) is 0 Å². The van der Waals surface area contributed by atoms with Crippen molar-refractivity contribution in [2.24, 2.45) is 0 Å². The average Bonchev–Trinajstić information content (AvgIpc) is 3.16. The summed E-state index contributed by atoms with van der Waals surface area (Å²) < 4.78 is 27.2. The van der Waals surface area contributed by atoms with Crippen molar-refractivity contribution >= 4 is 23.2 Å². The fourth-order valence-electron chi connectivity index (χ4n) is 2.34. The van der Waals surface area contributed by atoms with Crippen LogP contribution in [0.15, 0.2) is 34.7 Å². The molecule has 1 heterocycles. The average molecular weight is 411 g/mol.